The quantitative estimate of drug-likeness (QED) is 0.857. The maximum atomic E-state index is 6.14. The maximum absolute atomic E-state index is 6.14. The first-order valence-corrected chi connectivity index (χ1v) is 6.11. The fourth-order valence-electron chi connectivity index (χ4n) is 2.33. The van der Waals surface area contributed by atoms with Gasteiger partial charge in [-0.1, -0.05) is 11.6 Å². The highest BCUT2D eigenvalue weighted by molar-refractivity contribution is 6.30. The van der Waals surface area contributed by atoms with Crippen LogP contribution < -0.4 is 5.73 Å². The van der Waals surface area contributed by atoms with Crippen molar-refractivity contribution in [1.82, 2.24) is 14.5 Å². The molecule has 1 unspecified atom stereocenters. The Morgan fingerprint density at radius 1 is 1.56 bits per heavy atom. The summed E-state index contributed by atoms with van der Waals surface area (Å²) in [5.74, 6) is 1.11. The summed E-state index contributed by atoms with van der Waals surface area (Å²) in [5.41, 5.74) is 6.70. The normalized spacial score (nSPS) is 20.2. The molecule has 0 fully saturated rings. The molecule has 90 valence electrons. The molecule has 4 nitrogen and oxygen atoms in total. The molecule has 1 aromatic heterocycles. The van der Waals surface area contributed by atoms with Crippen LogP contribution in [0.3, 0.4) is 0 Å². The largest absolute Gasteiger partial charge is 0.330 e. The summed E-state index contributed by atoms with van der Waals surface area (Å²) in [5, 5.41) is 0.639. The number of nitrogens with zero attached hydrogens (tertiary/aromatic N) is 3. The van der Waals surface area contributed by atoms with Crippen LogP contribution in [0.15, 0.2) is 0 Å². The van der Waals surface area contributed by atoms with Crippen LogP contribution in [0.4, 0.5) is 0 Å². The summed E-state index contributed by atoms with van der Waals surface area (Å²) in [6.45, 7) is 1.63. The average Bonchev–Trinajstić information content (AvgIpc) is 2.55. The van der Waals surface area contributed by atoms with Crippen molar-refractivity contribution in [3.05, 3.63) is 16.7 Å². The highest BCUT2D eigenvalue weighted by atomic mass is 35.5. The van der Waals surface area contributed by atoms with Gasteiger partial charge in [-0.25, -0.2) is 4.98 Å². The average molecular weight is 243 g/mol. The second kappa shape index (κ2) is 4.73. The first-order chi connectivity index (χ1) is 7.63. The molecule has 16 heavy (non-hydrogen) atoms. The van der Waals surface area contributed by atoms with E-state index in [1.807, 2.05) is 0 Å². The number of imidazole rings is 1. The Morgan fingerprint density at radius 2 is 2.31 bits per heavy atom. The molecule has 1 aliphatic rings. The zero-order chi connectivity index (χ0) is 11.7. The molecule has 2 N–H and O–H groups in total. The Labute approximate surface area is 101 Å². The van der Waals surface area contributed by atoms with Gasteiger partial charge < -0.3 is 15.2 Å². The monoisotopic (exact) mass is 242 g/mol. The van der Waals surface area contributed by atoms with Crippen molar-refractivity contribution in [1.29, 1.82) is 0 Å². The topological polar surface area (TPSA) is 47.1 Å². The lowest BCUT2D eigenvalue weighted by atomic mass is 10.1. The minimum atomic E-state index is 0.580. The number of likely N-dealkylation sites (N-methyl/N-ethyl adjacent to an activating group) is 1. The van der Waals surface area contributed by atoms with Crippen molar-refractivity contribution >= 4 is 11.6 Å². The van der Waals surface area contributed by atoms with Gasteiger partial charge in [0.1, 0.15) is 5.82 Å². The first kappa shape index (κ1) is 11.9. The Morgan fingerprint density at radius 3 is 2.94 bits per heavy atom. The highest BCUT2D eigenvalue weighted by Crippen LogP contribution is 2.24. The summed E-state index contributed by atoms with van der Waals surface area (Å²) in [6, 6.07) is 0.580. The Hall–Kier alpha value is -0.580. The number of hydrogen-bond donors (Lipinski definition) is 1. The molecule has 1 aromatic rings. The van der Waals surface area contributed by atoms with E-state index in [4.69, 9.17) is 17.3 Å². The summed E-state index contributed by atoms with van der Waals surface area (Å²) in [4.78, 5) is 6.71. The molecule has 2 heterocycles. The molecule has 0 saturated heterocycles. The van der Waals surface area contributed by atoms with Crippen LogP contribution in [0, 0.1) is 0 Å². The van der Waals surface area contributed by atoms with Gasteiger partial charge >= 0.3 is 0 Å². The summed E-state index contributed by atoms with van der Waals surface area (Å²) in [7, 11) is 4.23. The molecule has 0 amide bonds. The molecule has 0 spiro atoms. The van der Waals surface area contributed by atoms with Crippen molar-refractivity contribution in [2.45, 2.75) is 31.8 Å². The number of hydrogen-bond acceptors (Lipinski definition) is 3. The first-order valence-electron chi connectivity index (χ1n) is 5.73. The third kappa shape index (κ3) is 2.10. The molecule has 2 rings (SSSR count). The maximum Gasteiger partial charge on any atom is 0.150 e. The SMILES string of the molecule is CN(C)C1CCn2c(nc(Cl)c2CCN)C1. The molecule has 1 aliphatic heterocycles. The van der Waals surface area contributed by atoms with Crippen LogP contribution in [0.1, 0.15) is 17.9 Å². The Bertz CT molecular complexity index is 372. The smallest absolute Gasteiger partial charge is 0.150 e. The van der Waals surface area contributed by atoms with Gasteiger partial charge in [0, 0.05) is 25.4 Å². The third-order valence-corrected chi connectivity index (χ3v) is 3.62. The van der Waals surface area contributed by atoms with Gasteiger partial charge in [-0.15, -0.1) is 0 Å². The van der Waals surface area contributed by atoms with E-state index in [1.54, 1.807) is 0 Å². The zero-order valence-corrected chi connectivity index (χ0v) is 10.7. The molecule has 0 bridgehead atoms. The fraction of sp³-hybridized carbons (Fsp3) is 0.727. The second-order valence-electron chi connectivity index (χ2n) is 4.57. The van der Waals surface area contributed by atoms with Crippen LogP contribution in [0.2, 0.25) is 5.15 Å². The van der Waals surface area contributed by atoms with Crippen LogP contribution in [-0.2, 0) is 19.4 Å². The third-order valence-electron chi connectivity index (χ3n) is 3.32. The lowest BCUT2D eigenvalue weighted by Crippen LogP contribution is -2.36. The molecule has 0 saturated carbocycles. The Balaban J connectivity index is 2.24. The van der Waals surface area contributed by atoms with E-state index in [9.17, 15) is 0 Å². The van der Waals surface area contributed by atoms with Crippen molar-refractivity contribution < 1.29 is 0 Å². The van der Waals surface area contributed by atoms with Crippen molar-refractivity contribution in [3.8, 4) is 0 Å². The minimum Gasteiger partial charge on any atom is -0.330 e. The van der Waals surface area contributed by atoms with Gasteiger partial charge in [0.05, 0.1) is 5.69 Å². The predicted molar refractivity (Wildman–Crippen MR) is 65.8 cm³/mol. The van der Waals surface area contributed by atoms with E-state index in [1.165, 1.54) is 0 Å². The van der Waals surface area contributed by atoms with E-state index in [2.05, 4.69) is 28.5 Å². The van der Waals surface area contributed by atoms with E-state index >= 15 is 0 Å². The fourth-order valence-corrected chi connectivity index (χ4v) is 2.63. The molecule has 0 aliphatic carbocycles. The van der Waals surface area contributed by atoms with Gasteiger partial charge in [-0.05, 0) is 27.1 Å². The molecular formula is C11H19ClN4. The van der Waals surface area contributed by atoms with E-state index < -0.39 is 0 Å². The lowest BCUT2D eigenvalue weighted by Gasteiger charge is -2.29. The van der Waals surface area contributed by atoms with E-state index in [0.717, 1.165) is 37.3 Å². The predicted octanol–water partition coefficient (Wildman–Crippen LogP) is 0.914. The number of fused-ring (bicyclic) bond motifs is 1. The summed E-state index contributed by atoms with van der Waals surface area (Å²) in [6.07, 6.45) is 2.96. The van der Waals surface area contributed by atoms with E-state index in [-0.39, 0.29) is 0 Å². The van der Waals surface area contributed by atoms with Gasteiger partial charge in [0.25, 0.3) is 0 Å². The van der Waals surface area contributed by atoms with Crippen molar-refractivity contribution in [2.24, 2.45) is 5.73 Å². The number of nitrogens with two attached hydrogens (primary N) is 1. The molecule has 1 atom stereocenters. The lowest BCUT2D eigenvalue weighted by molar-refractivity contribution is 0.241. The standard InChI is InChI=1S/C11H19ClN4/c1-15(2)8-4-6-16-9(3-5-13)11(12)14-10(16)7-8/h8H,3-7,13H2,1-2H3. The van der Waals surface area contributed by atoms with Crippen LogP contribution in [0.25, 0.3) is 0 Å². The van der Waals surface area contributed by atoms with Gasteiger partial charge in [-0.3, -0.25) is 0 Å². The van der Waals surface area contributed by atoms with Crippen molar-refractivity contribution in [2.75, 3.05) is 20.6 Å². The minimum absolute atomic E-state index is 0.580. The van der Waals surface area contributed by atoms with E-state index in [0.29, 0.717) is 17.7 Å². The highest BCUT2D eigenvalue weighted by Gasteiger charge is 2.24. The van der Waals surface area contributed by atoms with Gasteiger partial charge in [0.2, 0.25) is 0 Å². The number of aromatic nitrogens is 2. The Kier molecular flexibility index (Phi) is 3.52. The van der Waals surface area contributed by atoms with Crippen LogP contribution >= 0.6 is 11.6 Å². The van der Waals surface area contributed by atoms with Crippen LogP contribution in [-0.4, -0.2) is 41.1 Å². The van der Waals surface area contributed by atoms with Crippen molar-refractivity contribution in [3.63, 3.8) is 0 Å². The molecule has 0 aromatic carbocycles. The van der Waals surface area contributed by atoms with Gasteiger partial charge in [0.15, 0.2) is 5.15 Å². The summed E-state index contributed by atoms with van der Waals surface area (Å²) >= 11 is 6.14. The number of halogens is 1. The summed E-state index contributed by atoms with van der Waals surface area (Å²) < 4.78 is 2.25. The molecular weight excluding hydrogens is 224 g/mol. The second-order valence-corrected chi connectivity index (χ2v) is 4.92. The van der Waals surface area contributed by atoms with Gasteiger partial charge in [-0.2, -0.15) is 0 Å². The number of rotatable bonds is 3. The van der Waals surface area contributed by atoms with Crippen LogP contribution in [0.5, 0.6) is 0 Å². The zero-order valence-electron chi connectivity index (χ0n) is 9.91. The molecule has 5 heteroatoms. The molecule has 0 radical (unpaired) electrons.